The molecule has 0 unspecified atom stereocenters. The van der Waals surface area contributed by atoms with Gasteiger partial charge in [0.2, 0.25) is 0 Å². The summed E-state index contributed by atoms with van der Waals surface area (Å²) in [5, 5.41) is 0. The van der Waals surface area contributed by atoms with E-state index in [4.69, 9.17) is 0 Å². The Kier molecular flexibility index (Phi) is 1.53. The zero-order valence-electron chi connectivity index (χ0n) is 6.67. The van der Waals surface area contributed by atoms with E-state index in [9.17, 15) is 8.42 Å². The van der Waals surface area contributed by atoms with Crippen LogP contribution < -0.4 is 0 Å². The third-order valence-corrected chi connectivity index (χ3v) is 5.07. The molecule has 2 aliphatic rings. The normalized spacial score (nSPS) is 33.1. The third-order valence-electron chi connectivity index (χ3n) is 2.97. The van der Waals surface area contributed by atoms with E-state index in [0.717, 1.165) is 12.8 Å². The molecule has 0 atom stereocenters. The molecule has 0 amide bonds. The molecule has 2 rings (SSSR count). The van der Waals surface area contributed by atoms with Gasteiger partial charge < -0.3 is 0 Å². The van der Waals surface area contributed by atoms with Crippen LogP contribution in [0.5, 0.6) is 0 Å². The second kappa shape index (κ2) is 2.22. The summed E-state index contributed by atoms with van der Waals surface area (Å²) >= 11 is 0. The van der Waals surface area contributed by atoms with Crippen LogP contribution in [0.3, 0.4) is 0 Å². The van der Waals surface area contributed by atoms with Crippen molar-refractivity contribution < 1.29 is 8.42 Å². The first-order chi connectivity index (χ1) is 5.12. The lowest BCUT2D eigenvalue weighted by Gasteiger charge is -2.43. The van der Waals surface area contributed by atoms with E-state index in [0.29, 0.717) is 11.5 Å². The fraction of sp³-hybridized carbons (Fsp3) is 1.00. The number of rotatable bonds is 0. The van der Waals surface area contributed by atoms with E-state index in [-0.39, 0.29) is 5.41 Å². The molecule has 0 radical (unpaired) electrons. The summed E-state index contributed by atoms with van der Waals surface area (Å²) in [4.78, 5) is 0. The molecule has 1 saturated heterocycles. The third kappa shape index (κ3) is 1.31. The second-order valence-electron chi connectivity index (χ2n) is 4.09. The van der Waals surface area contributed by atoms with Crippen LogP contribution in [0.25, 0.3) is 0 Å². The summed E-state index contributed by atoms with van der Waals surface area (Å²) in [7, 11) is -2.59. The van der Waals surface area contributed by atoms with Gasteiger partial charge in [-0.2, -0.15) is 0 Å². The number of hydrogen-bond donors (Lipinski definition) is 0. The minimum atomic E-state index is -2.59. The van der Waals surface area contributed by atoms with Gasteiger partial charge in [0.1, 0.15) is 0 Å². The highest BCUT2D eigenvalue weighted by Gasteiger charge is 2.48. The molecule has 1 aliphatic carbocycles. The zero-order chi connectivity index (χ0) is 7.95. The summed E-state index contributed by atoms with van der Waals surface area (Å²) in [5.41, 5.74) is 0.247. The van der Waals surface area contributed by atoms with E-state index in [1.165, 1.54) is 19.3 Å². The zero-order valence-corrected chi connectivity index (χ0v) is 7.49. The molecule has 0 bridgehead atoms. The van der Waals surface area contributed by atoms with Crippen LogP contribution in [0.1, 0.15) is 32.1 Å². The van der Waals surface area contributed by atoms with Crippen LogP contribution >= 0.6 is 0 Å². The van der Waals surface area contributed by atoms with Gasteiger partial charge >= 0.3 is 0 Å². The van der Waals surface area contributed by atoms with E-state index >= 15 is 0 Å². The molecule has 1 spiro atoms. The summed E-state index contributed by atoms with van der Waals surface area (Å²) in [6.45, 7) is 0. The van der Waals surface area contributed by atoms with Gasteiger partial charge in [-0.25, -0.2) is 8.42 Å². The number of hydrogen-bond acceptors (Lipinski definition) is 2. The first-order valence-electron chi connectivity index (χ1n) is 4.32. The van der Waals surface area contributed by atoms with Crippen molar-refractivity contribution in [3.63, 3.8) is 0 Å². The van der Waals surface area contributed by atoms with Crippen molar-refractivity contribution >= 4 is 9.84 Å². The maximum absolute atomic E-state index is 11.0. The van der Waals surface area contributed by atoms with Crippen molar-refractivity contribution in [2.45, 2.75) is 32.1 Å². The first-order valence-corrected chi connectivity index (χ1v) is 6.15. The first kappa shape index (κ1) is 7.59. The van der Waals surface area contributed by atoms with Gasteiger partial charge in [0.15, 0.2) is 9.84 Å². The van der Waals surface area contributed by atoms with Gasteiger partial charge in [0.25, 0.3) is 0 Å². The Bertz CT molecular complexity index is 233. The summed E-state index contributed by atoms with van der Waals surface area (Å²) in [5.74, 6) is 0.972. The highest BCUT2D eigenvalue weighted by atomic mass is 32.2. The average molecular weight is 174 g/mol. The van der Waals surface area contributed by atoms with Gasteiger partial charge in [-0.15, -0.1) is 0 Å². The van der Waals surface area contributed by atoms with Crippen LogP contribution in [0, 0.1) is 5.41 Å². The van der Waals surface area contributed by atoms with Gasteiger partial charge in [0, 0.05) is 0 Å². The highest BCUT2D eigenvalue weighted by Crippen LogP contribution is 2.45. The fourth-order valence-electron chi connectivity index (χ4n) is 2.48. The molecule has 11 heavy (non-hydrogen) atoms. The van der Waals surface area contributed by atoms with Crippen molar-refractivity contribution in [3.8, 4) is 0 Å². The molecule has 0 aromatic heterocycles. The van der Waals surface area contributed by atoms with Gasteiger partial charge in [-0.3, -0.25) is 0 Å². The predicted octanol–water partition coefficient (Wildman–Crippen LogP) is 1.37. The number of sulfone groups is 1. The summed E-state index contributed by atoms with van der Waals surface area (Å²) in [6, 6.07) is 0. The Morgan fingerprint density at radius 1 is 0.909 bits per heavy atom. The minimum Gasteiger partial charge on any atom is -0.229 e. The van der Waals surface area contributed by atoms with Crippen LogP contribution in [0.15, 0.2) is 0 Å². The Morgan fingerprint density at radius 2 is 1.45 bits per heavy atom. The van der Waals surface area contributed by atoms with Crippen molar-refractivity contribution in [3.05, 3.63) is 0 Å². The largest absolute Gasteiger partial charge is 0.229 e. The quantitative estimate of drug-likeness (QED) is 0.555. The highest BCUT2D eigenvalue weighted by molar-refractivity contribution is 7.92. The maximum atomic E-state index is 11.0. The van der Waals surface area contributed by atoms with Crippen LogP contribution in [-0.2, 0) is 9.84 Å². The maximum Gasteiger partial charge on any atom is 0.151 e. The Labute approximate surface area is 67.9 Å². The van der Waals surface area contributed by atoms with E-state index in [1.54, 1.807) is 0 Å². The van der Waals surface area contributed by atoms with Crippen molar-refractivity contribution in [1.82, 2.24) is 0 Å². The molecule has 0 aromatic rings. The predicted molar refractivity (Wildman–Crippen MR) is 44.2 cm³/mol. The molecule has 2 nitrogen and oxygen atoms in total. The molecule has 2 fully saturated rings. The lowest BCUT2D eigenvalue weighted by atomic mass is 9.76. The monoisotopic (exact) mass is 174 g/mol. The van der Waals surface area contributed by atoms with E-state index < -0.39 is 9.84 Å². The van der Waals surface area contributed by atoms with Crippen LogP contribution in [-0.4, -0.2) is 19.9 Å². The standard InChI is InChI=1S/C8H14O2S/c9-11(10)6-8(7-11)4-2-1-3-5-8/h1-7H2. The van der Waals surface area contributed by atoms with Crippen LogP contribution in [0.2, 0.25) is 0 Å². The van der Waals surface area contributed by atoms with Crippen molar-refractivity contribution in [2.75, 3.05) is 11.5 Å². The molecule has 0 N–H and O–H groups in total. The molecule has 64 valence electrons. The Morgan fingerprint density at radius 3 is 1.91 bits per heavy atom. The lowest BCUT2D eigenvalue weighted by Crippen LogP contribution is -2.49. The second-order valence-corrected chi connectivity index (χ2v) is 6.16. The smallest absolute Gasteiger partial charge is 0.151 e. The van der Waals surface area contributed by atoms with Crippen molar-refractivity contribution in [2.24, 2.45) is 5.41 Å². The molecule has 0 aromatic carbocycles. The van der Waals surface area contributed by atoms with Crippen molar-refractivity contribution in [1.29, 1.82) is 0 Å². The van der Waals surface area contributed by atoms with Gasteiger partial charge in [-0.1, -0.05) is 19.3 Å². The lowest BCUT2D eigenvalue weighted by molar-refractivity contribution is 0.227. The fourth-order valence-corrected chi connectivity index (χ4v) is 4.84. The molecular weight excluding hydrogens is 160 g/mol. The van der Waals surface area contributed by atoms with E-state index in [2.05, 4.69) is 0 Å². The molecule has 1 aliphatic heterocycles. The molecule has 1 saturated carbocycles. The summed E-state index contributed by atoms with van der Waals surface area (Å²) < 4.78 is 21.9. The minimum absolute atomic E-state index is 0.247. The molecule has 3 heteroatoms. The van der Waals surface area contributed by atoms with Crippen LogP contribution in [0.4, 0.5) is 0 Å². The SMILES string of the molecule is O=S1(=O)CC2(CCCCC2)C1. The Hall–Kier alpha value is -0.0500. The summed E-state index contributed by atoms with van der Waals surface area (Å²) in [6.07, 6.45) is 6.12. The molecular formula is C8H14O2S. The average Bonchev–Trinajstić information content (AvgIpc) is 1.85. The van der Waals surface area contributed by atoms with Gasteiger partial charge in [-0.05, 0) is 18.3 Å². The van der Waals surface area contributed by atoms with E-state index in [1.807, 2.05) is 0 Å². The topological polar surface area (TPSA) is 34.1 Å². The van der Waals surface area contributed by atoms with Gasteiger partial charge in [0.05, 0.1) is 11.5 Å². The molecule has 1 heterocycles. The Balaban J connectivity index is 2.05.